The lowest BCUT2D eigenvalue weighted by molar-refractivity contribution is -0.170. The minimum atomic E-state index is -1.03. The van der Waals surface area contributed by atoms with Crippen LogP contribution >= 0.6 is 0 Å². The van der Waals surface area contributed by atoms with Crippen LogP contribution in [0, 0.1) is 11.3 Å². The summed E-state index contributed by atoms with van der Waals surface area (Å²) < 4.78 is 20.7. The van der Waals surface area contributed by atoms with Crippen molar-refractivity contribution in [2.75, 3.05) is 40.1 Å². The van der Waals surface area contributed by atoms with Gasteiger partial charge < -0.3 is 24.1 Å². The molecule has 2 aliphatic carbocycles. The van der Waals surface area contributed by atoms with Gasteiger partial charge in [0, 0.05) is 19.6 Å². The van der Waals surface area contributed by atoms with Crippen molar-refractivity contribution >= 4 is 28.8 Å². The van der Waals surface area contributed by atoms with Crippen LogP contribution in [0.2, 0.25) is 0 Å². The highest BCUT2D eigenvalue weighted by molar-refractivity contribution is 5.97. The van der Waals surface area contributed by atoms with Gasteiger partial charge in [-0.25, -0.2) is 0 Å². The van der Waals surface area contributed by atoms with E-state index in [2.05, 4.69) is 48.6 Å². The maximum atomic E-state index is 12.2. The Hall–Kier alpha value is -3.00. The number of carbonyl (C=O) groups excluding carboxylic acids is 2. The summed E-state index contributed by atoms with van der Waals surface area (Å²) in [5.74, 6) is -0.608. The van der Waals surface area contributed by atoms with Crippen LogP contribution < -0.4 is 0 Å². The summed E-state index contributed by atoms with van der Waals surface area (Å²) in [6.07, 6.45) is 11.2. The summed E-state index contributed by atoms with van der Waals surface area (Å²) in [6, 6.07) is 11.2. The molecule has 1 N–H and O–H groups in total. The Morgan fingerprint density at radius 3 is 2.50 bits per heavy atom. The molecule has 0 heterocycles. The summed E-state index contributed by atoms with van der Waals surface area (Å²) in [7, 11) is 1.53. The summed E-state index contributed by atoms with van der Waals surface area (Å²) in [5.41, 5.74) is 4.89. The molecule has 0 spiro atoms. The zero-order chi connectivity index (χ0) is 30.7. The Morgan fingerprint density at radius 2 is 1.81 bits per heavy atom. The van der Waals surface area contributed by atoms with Gasteiger partial charge in [-0.15, -0.1) is 0 Å². The molecule has 0 fully saturated rings. The van der Waals surface area contributed by atoms with Crippen LogP contribution in [0.15, 0.2) is 48.1 Å². The number of hydrogen-bond acceptors (Lipinski definition) is 7. The number of methoxy groups -OCH3 is 1. The summed E-state index contributed by atoms with van der Waals surface area (Å²) in [4.78, 5) is 23.8. The molecule has 7 nitrogen and oxygen atoms in total. The molecule has 0 saturated carbocycles. The Labute approximate surface area is 250 Å². The van der Waals surface area contributed by atoms with Crippen LogP contribution in [0.1, 0.15) is 76.5 Å². The third-order valence-corrected chi connectivity index (χ3v) is 7.60. The number of aliphatic hydroxyl groups excluding tert-OH is 1. The molecule has 0 amide bonds. The minimum absolute atomic E-state index is 0.0306. The van der Waals surface area contributed by atoms with Crippen molar-refractivity contribution < 1.29 is 33.6 Å². The lowest BCUT2D eigenvalue weighted by Crippen LogP contribution is -2.41. The number of allylic oxidation sites excluding steroid dienone is 3. The standard InChI is InChI=1S/C20H20O.C15H28O6/c21-13-2-1-4-14-7-8-17-10-9-15-5-3-6-16-11-12-18(14)20(17)19(15)16;1-11(2)13(16)21-10-15(5,9-20-12(3)4)14(17)19-8-7-18-6/h3,5-7,9-12,18,21H,1-2,4,8,13H2;11-12H,7-10H2,1-6H3. The molecule has 0 saturated heterocycles. The second-order valence-corrected chi connectivity index (χ2v) is 11.9. The highest BCUT2D eigenvalue weighted by Crippen LogP contribution is 2.44. The average Bonchev–Trinajstić information content (AvgIpc) is 2.98. The maximum absolute atomic E-state index is 12.2. The Balaban J connectivity index is 0.000000230. The van der Waals surface area contributed by atoms with Crippen LogP contribution in [0.5, 0.6) is 0 Å². The van der Waals surface area contributed by atoms with Crippen molar-refractivity contribution in [3.63, 3.8) is 0 Å². The molecule has 2 aliphatic rings. The van der Waals surface area contributed by atoms with E-state index in [1.165, 1.54) is 40.1 Å². The van der Waals surface area contributed by atoms with Crippen molar-refractivity contribution in [2.45, 2.75) is 72.3 Å². The fourth-order valence-electron chi connectivity index (χ4n) is 5.12. The molecular formula is C35H48O7. The number of unbranched alkanes of at least 4 members (excludes halogenated alkanes) is 1. The zero-order valence-electron chi connectivity index (χ0n) is 26.1. The smallest absolute Gasteiger partial charge is 0.317 e. The van der Waals surface area contributed by atoms with Gasteiger partial charge in [0.1, 0.15) is 18.6 Å². The molecule has 2 atom stereocenters. The van der Waals surface area contributed by atoms with Crippen molar-refractivity contribution in [3.8, 4) is 0 Å². The topological polar surface area (TPSA) is 91.3 Å². The third kappa shape index (κ3) is 8.76. The van der Waals surface area contributed by atoms with Gasteiger partial charge in [0.15, 0.2) is 0 Å². The van der Waals surface area contributed by atoms with E-state index in [1.54, 1.807) is 20.8 Å². The molecule has 0 aromatic heterocycles. The molecular weight excluding hydrogens is 532 g/mol. The first-order chi connectivity index (χ1) is 20.1. The van der Waals surface area contributed by atoms with E-state index in [0.29, 0.717) is 19.1 Å². The molecule has 2 aromatic carbocycles. The molecule has 0 bridgehead atoms. The number of benzene rings is 2. The van der Waals surface area contributed by atoms with Crippen LogP contribution in [-0.4, -0.2) is 63.3 Å². The summed E-state index contributed by atoms with van der Waals surface area (Å²) >= 11 is 0. The van der Waals surface area contributed by atoms with Crippen molar-refractivity contribution in [1.82, 2.24) is 0 Å². The van der Waals surface area contributed by atoms with Gasteiger partial charge in [0.05, 0.1) is 25.2 Å². The molecule has 42 heavy (non-hydrogen) atoms. The number of esters is 2. The van der Waals surface area contributed by atoms with Crippen LogP contribution in [0.25, 0.3) is 16.8 Å². The largest absolute Gasteiger partial charge is 0.464 e. The predicted molar refractivity (Wildman–Crippen MR) is 166 cm³/mol. The minimum Gasteiger partial charge on any atom is -0.464 e. The SMILES string of the molecule is COCCOC(=O)C(C)(COC(=O)C(C)C)COC(C)C.OCCCCC1=CCc2ccc3cccc4c3c2C1C=C4. The molecule has 2 unspecified atom stereocenters. The van der Waals surface area contributed by atoms with Crippen LogP contribution in [0.4, 0.5) is 0 Å². The highest BCUT2D eigenvalue weighted by atomic mass is 16.6. The van der Waals surface area contributed by atoms with Gasteiger partial charge in [-0.3, -0.25) is 9.59 Å². The van der Waals surface area contributed by atoms with Crippen molar-refractivity contribution in [3.05, 3.63) is 64.7 Å². The lowest BCUT2D eigenvalue weighted by atomic mass is 9.74. The van der Waals surface area contributed by atoms with E-state index in [4.69, 9.17) is 24.1 Å². The maximum Gasteiger partial charge on any atom is 0.317 e. The molecule has 230 valence electrons. The Morgan fingerprint density at radius 1 is 1.02 bits per heavy atom. The number of hydrogen-bond donors (Lipinski definition) is 1. The van der Waals surface area contributed by atoms with Gasteiger partial charge >= 0.3 is 11.9 Å². The lowest BCUT2D eigenvalue weighted by Gasteiger charge is -2.30. The van der Waals surface area contributed by atoms with Crippen LogP contribution in [0.3, 0.4) is 0 Å². The first kappa shape index (κ1) is 33.5. The molecule has 7 heteroatoms. The van der Waals surface area contributed by atoms with Gasteiger partial charge in [-0.2, -0.15) is 0 Å². The third-order valence-electron chi connectivity index (χ3n) is 7.60. The Kier molecular flexibility index (Phi) is 12.8. The second-order valence-electron chi connectivity index (χ2n) is 11.9. The van der Waals surface area contributed by atoms with E-state index < -0.39 is 11.4 Å². The van der Waals surface area contributed by atoms with Gasteiger partial charge in [0.2, 0.25) is 0 Å². The van der Waals surface area contributed by atoms with Crippen molar-refractivity contribution in [2.24, 2.45) is 11.3 Å². The predicted octanol–water partition coefficient (Wildman–Crippen LogP) is 6.40. The first-order valence-electron chi connectivity index (χ1n) is 15.1. The average molecular weight is 581 g/mol. The fraction of sp³-hybridized carbons (Fsp3) is 0.543. The van der Waals surface area contributed by atoms with E-state index in [9.17, 15) is 9.59 Å². The number of carbonyl (C=O) groups is 2. The molecule has 0 aliphatic heterocycles. The Bertz CT molecular complexity index is 1260. The van der Waals surface area contributed by atoms with Crippen molar-refractivity contribution in [1.29, 1.82) is 0 Å². The van der Waals surface area contributed by atoms with Gasteiger partial charge in [-0.1, -0.05) is 68.0 Å². The number of rotatable bonds is 14. The zero-order valence-corrected chi connectivity index (χ0v) is 26.1. The van der Waals surface area contributed by atoms with E-state index >= 15 is 0 Å². The molecule has 0 radical (unpaired) electrons. The quantitative estimate of drug-likeness (QED) is 0.157. The second kappa shape index (κ2) is 16.0. The summed E-state index contributed by atoms with van der Waals surface area (Å²) in [5, 5.41) is 11.8. The van der Waals surface area contributed by atoms with E-state index in [1.807, 2.05) is 13.8 Å². The first-order valence-corrected chi connectivity index (χ1v) is 15.1. The van der Waals surface area contributed by atoms with E-state index in [-0.39, 0.29) is 37.8 Å². The number of ether oxygens (including phenoxy) is 4. The fourth-order valence-corrected chi connectivity index (χ4v) is 5.12. The monoisotopic (exact) mass is 580 g/mol. The van der Waals surface area contributed by atoms with Gasteiger partial charge in [-0.05, 0) is 73.9 Å². The molecule has 4 rings (SSSR count). The van der Waals surface area contributed by atoms with Gasteiger partial charge in [0.25, 0.3) is 0 Å². The highest BCUT2D eigenvalue weighted by Gasteiger charge is 2.38. The normalized spacial score (nSPS) is 16.5. The summed E-state index contributed by atoms with van der Waals surface area (Å²) in [6.45, 7) is 9.72. The van der Waals surface area contributed by atoms with E-state index in [0.717, 1.165) is 25.7 Å². The molecule has 2 aromatic rings. The number of aliphatic hydroxyl groups is 1. The van der Waals surface area contributed by atoms with Crippen LogP contribution in [-0.2, 0) is 35.0 Å².